The maximum absolute atomic E-state index is 11.0. The van der Waals surface area contributed by atoms with E-state index in [0.717, 1.165) is 30.6 Å². The number of furan rings is 1. The summed E-state index contributed by atoms with van der Waals surface area (Å²) in [5.41, 5.74) is 1.07. The zero-order valence-corrected chi connectivity index (χ0v) is 10.1. The third kappa shape index (κ3) is 1.95. The van der Waals surface area contributed by atoms with Crippen molar-refractivity contribution in [2.24, 2.45) is 5.92 Å². The van der Waals surface area contributed by atoms with E-state index < -0.39 is 5.97 Å². The highest BCUT2D eigenvalue weighted by molar-refractivity contribution is 9.10. The highest BCUT2D eigenvalue weighted by atomic mass is 79.9. The number of aryl methyl sites for hydroxylation is 1. The fourth-order valence-electron chi connectivity index (χ4n) is 2.25. The molecule has 4 heteroatoms. The van der Waals surface area contributed by atoms with Gasteiger partial charge in [-0.1, -0.05) is 6.92 Å². The van der Waals surface area contributed by atoms with Crippen LogP contribution in [0.1, 0.15) is 37.0 Å². The van der Waals surface area contributed by atoms with Crippen molar-refractivity contribution >= 4 is 21.9 Å². The highest BCUT2D eigenvalue weighted by Crippen LogP contribution is 2.39. The quantitative estimate of drug-likeness (QED) is 0.900. The van der Waals surface area contributed by atoms with E-state index in [1.165, 1.54) is 0 Å². The maximum atomic E-state index is 11.0. The standard InChI is InChI=1S/C11H13BrO3/c1-6(11(13)14)7-3-2-4-9-8(7)5-10(12)15-9/h5-7H,2-4H2,1H3,(H,13,14). The van der Waals surface area contributed by atoms with E-state index >= 15 is 0 Å². The average Bonchev–Trinajstić information content (AvgIpc) is 2.56. The van der Waals surface area contributed by atoms with Gasteiger partial charge >= 0.3 is 5.97 Å². The molecule has 2 atom stereocenters. The van der Waals surface area contributed by atoms with Gasteiger partial charge in [0.1, 0.15) is 5.76 Å². The zero-order chi connectivity index (χ0) is 11.0. The average molecular weight is 273 g/mol. The SMILES string of the molecule is CC(C(=O)O)C1CCCc2oc(Br)cc21. The van der Waals surface area contributed by atoms with Crippen molar-refractivity contribution in [1.29, 1.82) is 0 Å². The van der Waals surface area contributed by atoms with E-state index in [2.05, 4.69) is 15.9 Å². The molecular weight excluding hydrogens is 260 g/mol. The first kappa shape index (κ1) is 10.7. The van der Waals surface area contributed by atoms with Gasteiger partial charge in [0, 0.05) is 12.3 Å². The summed E-state index contributed by atoms with van der Waals surface area (Å²) in [4.78, 5) is 11.0. The lowest BCUT2D eigenvalue weighted by molar-refractivity contribution is -0.142. The lowest BCUT2D eigenvalue weighted by Crippen LogP contribution is -2.21. The number of hydrogen-bond donors (Lipinski definition) is 1. The summed E-state index contributed by atoms with van der Waals surface area (Å²) in [7, 11) is 0. The van der Waals surface area contributed by atoms with Crippen molar-refractivity contribution < 1.29 is 14.3 Å². The van der Waals surface area contributed by atoms with Crippen molar-refractivity contribution in [3.05, 3.63) is 22.1 Å². The second-order valence-electron chi connectivity index (χ2n) is 4.05. The molecule has 1 aliphatic rings. The minimum Gasteiger partial charge on any atom is -0.481 e. The van der Waals surface area contributed by atoms with Gasteiger partial charge in [-0.15, -0.1) is 0 Å². The van der Waals surface area contributed by atoms with E-state index in [0.29, 0.717) is 4.67 Å². The van der Waals surface area contributed by atoms with Crippen LogP contribution in [0.15, 0.2) is 15.2 Å². The first-order valence-electron chi connectivity index (χ1n) is 5.10. The van der Waals surface area contributed by atoms with Crippen LogP contribution >= 0.6 is 15.9 Å². The Morgan fingerprint density at radius 2 is 2.47 bits per heavy atom. The van der Waals surface area contributed by atoms with E-state index in [9.17, 15) is 4.79 Å². The van der Waals surface area contributed by atoms with Crippen molar-refractivity contribution in [3.63, 3.8) is 0 Å². The second-order valence-corrected chi connectivity index (χ2v) is 4.84. The summed E-state index contributed by atoms with van der Waals surface area (Å²) < 4.78 is 6.20. The van der Waals surface area contributed by atoms with Crippen molar-refractivity contribution in [2.45, 2.75) is 32.1 Å². The van der Waals surface area contributed by atoms with Crippen LogP contribution in [-0.4, -0.2) is 11.1 Å². The number of carboxylic acid groups (broad SMARTS) is 1. The van der Waals surface area contributed by atoms with Gasteiger partial charge in [-0.2, -0.15) is 0 Å². The van der Waals surface area contributed by atoms with Gasteiger partial charge in [-0.25, -0.2) is 0 Å². The molecule has 1 heterocycles. The minimum absolute atomic E-state index is 0.0984. The third-order valence-corrected chi connectivity index (χ3v) is 3.51. The molecule has 1 aromatic heterocycles. The molecule has 0 fully saturated rings. The van der Waals surface area contributed by atoms with Crippen LogP contribution in [0.5, 0.6) is 0 Å². The van der Waals surface area contributed by atoms with Gasteiger partial charge in [-0.05, 0) is 40.4 Å². The number of fused-ring (bicyclic) bond motifs is 1. The molecule has 0 aromatic carbocycles. The first-order chi connectivity index (χ1) is 7.09. The van der Waals surface area contributed by atoms with Crippen LogP contribution in [0.2, 0.25) is 0 Å². The van der Waals surface area contributed by atoms with Crippen molar-refractivity contribution in [2.75, 3.05) is 0 Å². The zero-order valence-electron chi connectivity index (χ0n) is 8.50. The highest BCUT2D eigenvalue weighted by Gasteiger charge is 2.31. The summed E-state index contributed by atoms with van der Waals surface area (Å²) in [6.45, 7) is 1.77. The van der Waals surface area contributed by atoms with Gasteiger partial charge in [0.05, 0.1) is 5.92 Å². The lowest BCUT2D eigenvalue weighted by atomic mass is 9.79. The van der Waals surface area contributed by atoms with E-state index in [4.69, 9.17) is 9.52 Å². The fraction of sp³-hybridized carbons (Fsp3) is 0.545. The molecular formula is C11H13BrO3. The molecule has 0 radical (unpaired) electrons. The first-order valence-corrected chi connectivity index (χ1v) is 5.90. The largest absolute Gasteiger partial charge is 0.481 e. The second kappa shape index (κ2) is 4.00. The number of rotatable bonds is 2. The Labute approximate surface area is 96.6 Å². The van der Waals surface area contributed by atoms with Crippen LogP contribution < -0.4 is 0 Å². The lowest BCUT2D eigenvalue weighted by Gasteiger charge is -2.24. The summed E-state index contributed by atoms with van der Waals surface area (Å²) in [5, 5.41) is 9.02. The maximum Gasteiger partial charge on any atom is 0.306 e. The number of hydrogen-bond acceptors (Lipinski definition) is 2. The predicted octanol–water partition coefficient (Wildman–Crippen LogP) is 3.18. The van der Waals surface area contributed by atoms with Gasteiger partial charge < -0.3 is 9.52 Å². The third-order valence-electron chi connectivity index (χ3n) is 3.12. The van der Waals surface area contributed by atoms with Crippen LogP contribution in [0.25, 0.3) is 0 Å². The van der Waals surface area contributed by atoms with E-state index in [-0.39, 0.29) is 11.8 Å². The summed E-state index contributed by atoms with van der Waals surface area (Å²) in [6, 6.07) is 1.92. The summed E-state index contributed by atoms with van der Waals surface area (Å²) in [5.74, 6) is -0.0220. The normalized spacial score (nSPS) is 22.1. The van der Waals surface area contributed by atoms with Crippen LogP contribution in [0.3, 0.4) is 0 Å². The molecule has 1 N–H and O–H groups in total. The van der Waals surface area contributed by atoms with Crippen LogP contribution in [0, 0.1) is 5.92 Å². The van der Waals surface area contributed by atoms with Crippen molar-refractivity contribution in [3.8, 4) is 0 Å². The molecule has 0 saturated carbocycles. The molecule has 0 bridgehead atoms. The molecule has 82 valence electrons. The van der Waals surface area contributed by atoms with E-state index in [1.807, 2.05) is 6.07 Å². The minimum atomic E-state index is -0.731. The number of carboxylic acids is 1. The van der Waals surface area contributed by atoms with E-state index in [1.54, 1.807) is 6.92 Å². The van der Waals surface area contributed by atoms with Gasteiger partial charge in [0.25, 0.3) is 0 Å². The molecule has 1 aliphatic carbocycles. The Balaban J connectivity index is 2.33. The Morgan fingerprint density at radius 1 is 1.73 bits per heavy atom. The monoisotopic (exact) mass is 272 g/mol. The summed E-state index contributed by atoms with van der Waals surface area (Å²) in [6.07, 6.45) is 2.87. The van der Waals surface area contributed by atoms with Crippen LogP contribution in [-0.2, 0) is 11.2 Å². The Bertz CT molecular complexity index is 383. The molecule has 0 saturated heterocycles. The van der Waals surface area contributed by atoms with Crippen molar-refractivity contribution in [1.82, 2.24) is 0 Å². The Hall–Kier alpha value is -0.770. The van der Waals surface area contributed by atoms with Gasteiger partial charge in [0.15, 0.2) is 4.67 Å². The topological polar surface area (TPSA) is 50.4 Å². The van der Waals surface area contributed by atoms with Gasteiger partial charge in [0.2, 0.25) is 0 Å². The number of carbonyl (C=O) groups is 1. The molecule has 3 nitrogen and oxygen atoms in total. The Morgan fingerprint density at radius 3 is 3.13 bits per heavy atom. The molecule has 0 amide bonds. The number of aliphatic carboxylic acids is 1. The smallest absolute Gasteiger partial charge is 0.306 e. The van der Waals surface area contributed by atoms with Gasteiger partial charge in [-0.3, -0.25) is 4.79 Å². The molecule has 1 aromatic rings. The molecule has 0 spiro atoms. The van der Waals surface area contributed by atoms with Crippen LogP contribution in [0.4, 0.5) is 0 Å². The molecule has 0 aliphatic heterocycles. The molecule has 15 heavy (non-hydrogen) atoms. The fourth-order valence-corrected chi connectivity index (χ4v) is 2.69. The Kier molecular flexibility index (Phi) is 2.87. The predicted molar refractivity (Wildman–Crippen MR) is 58.9 cm³/mol. The molecule has 2 rings (SSSR count). The number of halogens is 1. The molecule has 2 unspecified atom stereocenters. The summed E-state index contributed by atoms with van der Waals surface area (Å²) >= 11 is 3.29.